The zero-order chi connectivity index (χ0) is 22.0. The molecule has 2 aromatic carbocycles. The van der Waals surface area contributed by atoms with Crippen LogP contribution in [0.5, 0.6) is 5.75 Å². The number of phenols is 1. The lowest BCUT2D eigenvalue weighted by Gasteiger charge is -2.21. The predicted octanol–water partition coefficient (Wildman–Crippen LogP) is 6.66. The fraction of sp³-hybridized carbons (Fsp3) is 0.400. The molecule has 0 fully saturated rings. The van der Waals surface area contributed by atoms with Crippen molar-refractivity contribution in [1.29, 1.82) is 0 Å². The van der Waals surface area contributed by atoms with Gasteiger partial charge in [0.1, 0.15) is 11.6 Å². The number of fused-ring (bicyclic) bond motifs is 1. The summed E-state index contributed by atoms with van der Waals surface area (Å²) in [6.45, 7) is 8.03. The zero-order valence-electron chi connectivity index (χ0n) is 18.1. The van der Waals surface area contributed by atoms with E-state index in [1.54, 1.807) is 19.1 Å². The fourth-order valence-corrected chi connectivity index (χ4v) is 4.48. The van der Waals surface area contributed by atoms with E-state index < -0.39 is 5.97 Å². The molecule has 3 aromatic rings. The standard InChI is InChI=1S/C25H30FNO3/c1-5-7-17(10-13-22(29)30)23-24-20(8-6-9-21(24)28)27(25(23)15(2)3)18-11-12-19(26)16(4)14-18/h6,8-9,11-12,14-15,17,28H,5,7,10,13H2,1-4H3,(H,29,30). The average Bonchev–Trinajstić information content (AvgIpc) is 3.04. The lowest BCUT2D eigenvalue weighted by molar-refractivity contribution is -0.137. The van der Waals surface area contributed by atoms with Crippen LogP contribution in [0.4, 0.5) is 4.39 Å². The lowest BCUT2D eigenvalue weighted by atomic mass is 9.85. The van der Waals surface area contributed by atoms with E-state index in [1.807, 2.05) is 18.2 Å². The Hall–Kier alpha value is -2.82. The minimum Gasteiger partial charge on any atom is -0.507 e. The van der Waals surface area contributed by atoms with E-state index in [4.69, 9.17) is 0 Å². The molecule has 2 N–H and O–H groups in total. The molecule has 1 atom stereocenters. The molecule has 1 aromatic heterocycles. The van der Waals surface area contributed by atoms with E-state index >= 15 is 0 Å². The number of rotatable bonds is 8. The van der Waals surface area contributed by atoms with Crippen molar-refractivity contribution in [2.24, 2.45) is 0 Å². The number of carboxylic acids is 1. The molecular weight excluding hydrogens is 381 g/mol. The van der Waals surface area contributed by atoms with Gasteiger partial charge in [0.25, 0.3) is 0 Å². The van der Waals surface area contributed by atoms with Crippen LogP contribution in [-0.2, 0) is 4.79 Å². The Balaban J connectivity index is 2.37. The maximum Gasteiger partial charge on any atom is 0.303 e. The van der Waals surface area contributed by atoms with Crippen LogP contribution in [-0.4, -0.2) is 20.7 Å². The highest BCUT2D eigenvalue weighted by Crippen LogP contribution is 2.44. The number of aryl methyl sites for hydroxylation is 1. The largest absolute Gasteiger partial charge is 0.507 e. The van der Waals surface area contributed by atoms with Crippen molar-refractivity contribution in [3.63, 3.8) is 0 Å². The highest BCUT2D eigenvalue weighted by molar-refractivity contribution is 5.93. The van der Waals surface area contributed by atoms with E-state index in [0.29, 0.717) is 12.0 Å². The SMILES string of the molecule is CCCC(CCC(=O)O)c1c(C(C)C)n(-c2ccc(F)c(C)c2)c2cccc(O)c12. The minimum absolute atomic E-state index is 0.0158. The minimum atomic E-state index is -0.815. The number of phenolic OH excluding ortho intramolecular Hbond substituents is 1. The Morgan fingerprint density at radius 1 is 1.17 bits per heavy atom. The Morgan fingerprint density at radius 3 is 2.50 bits per heavy atom. The van der Waals surface area contributed by atoms with Gasteiger partial charge in [-0.1, -0.05) is 33.3 Å². The molecule has 0 bridgehead atoms. The summed E-state index contributed by atoms with van der Waals surface area (Å²) < 4.78 is 16.1. The number of hydrogen-bond donors (Lipinski definition) is 2. The third-order valence-electron chi connectivity index (χ3n) is 5.75. The van der Waals surface area contributed by atoms with Crippen molar-refractivity contribution in [3.05, 3.63) is 59.0 Å². The van der Waals surface area contributed by atoms with E-state index in [0.717, 1.165) is 40.7 Å². The first-order valence-corrected chi connectivity index (χ1v) is 10.6. The van der Waals surface area contributed by atoms with Crippen LogP contribution >= 0.6 is 0 Å². The number of carboxylic acid groups (broad SMARTS) is 1. The first kappa shape index (κ1) is 21.9. The van der Waals surface area contributed by atoms with Gasteiger partial charge in [0.15, 0.2) is 0 Å². The van der Waals surface area contributed by atoms with Crippen molar-refractivity contribution in [2.75, 3.05) is 0 Å². The molecule has 4 nitrogen and oxygen atoms in total. The number of nitrogens with zero attached hydrogens (tertiary/aromatic N) is 1. The summed E-state index contributed by atoms with van der Waals surface area (Å²) in [5.74, 6) is -0.735. The van der Waals surface area contributed by atoms with Gasteiger partial charge in [-0.3, -0.25) is 4.79 Å². The maximum atomic E-state index is 14.0. The summed E-state index contributed by atoms with van der Waals surface area (Å²) in [5, 5.41) is 20.9. The second-order valence-corrected chi connectivity index (χ2v) is 8.31. The monoisotopic (exact) mass is 411 g/mol. The number of aliphatic carboxylic acids is 1. The number of carbonyl (C=O) groups is 1. The summed E-state index contributed by atoms with van der Waals surface area (Å²) in [6, 6.07) is 10.5. The second kappa shape index (κ2) is 8.90. The lowest BCUT2D eigenvalue weighted by Crippen LogP contribution is -2.09. The predicted molar refractivity (Wildman–Crippen MR) is 118 cm³/mol. The van der Waals surface area contributed by atoms with Crippen LogP contribution in [0.3, 0.4) is 0 Å². The van der Waals surface area contributed by atoms with Crippen LogP contribution in [0.15, 0.2) is 36.4 Å². The topological polar surface area (TPSA) is 62.5 Å². The Kier molecular flexibility index (Phi) is 6.49. The highest BCUT2D eigenvalue weighted by atomic mass is 19.1. The molecule has 0 saturated heterocycles. The molecule has 0 aliphatic heterocycles. The number of aromatic hydroxyl groups is 1. The van der Waals surface area contributed by atoms with Crippen LogP contribution in [0.1, 0.15) is 75.1 Å². The number of aromatic nitrogens is 1. The molecule has 0 spiro atoms. The molecule has 3 rings (SSSR count). The molecule has 0 radical (unpaired) electrons. The average molecular weight is 412 g/mol. The van der Waals surface area contributed by atoms with Crippen LogP contribution in [0.2, 0.25) is 0 Å². The molecule has 30 heavy (non-hydrogen) atoms. The summed E-state index contributed by atoms with van der Waals surface area (Å²) >= 11 is 0. The van der Waals surface area contributed by atoms with E-state index in [2.05, 4.69) is 25.3 Å². The van der Waals surface area contributed by atoms with Gasteiger partial charge in [-0.05, 0) is 73.1 Å². The number of halogens is 1. The van der Waals surface area contributed by atoms with Gasteiger partial charge in [-0.15, -0.1) is 0 Å². The molecule has 0 amide bonds. The Labute approximate surface area is 177 Å². The van der Waals surface area contributed by atoms with Gasteiger partial charge in [0, 0.05) is 23.2 Å². The zero-order valence-corrected chi connectivity index (χ0v) is 18.1. The smallest absolute Gasteiger partial charge is 0.303 e. The van der Waals surface area contributed by atoms with E-state index in [1.165, 1.54) is 6.07 Å². The summed E-state index contributed by atoms with van der Waals surface area (Å²) in [7, 11) is 0. The van der Waals surface area contributed by atoms with Gasteiger partial charge in [0.2, 0.25) is 0 Å². The fourth-order valence-electron chi connectivity index (χ4n) is 4.48. The molecule has 0 saturated carbocycles. The summed E-state index contributed by atoms with van der Waals surface area (Å²) in [6.07, 6.45) is 2.34. The second-order valence-electron chi connectivity index (χ2n) is 8.31. The molecule has 0 aliphatic rings. The van der Waals surface area contributed by atoms with E-state index in [-0.39, 0.29) is 29.8 Å². The third-order valence-corrected chi connectivity index (χ3v) is 5.75. The van der Waals surface area contributed by atoms with Crippen molar-refractivity contribution >= 4 is 16.9 Å². The molecular formula is C25H30FNO3. The quantitative estimate of drug-likeness (QED) is 0.436. The van der Waals surface area contributed by atoms with Crippen molar-refractivity contribution < 1.29 is 19.4 Å². The maximum absolute atomic E-state index is 14.0. The molecule has 160 valence electrons. The Morgan fingerprint density at radius 2 is 1.90 bits per heavy atom. The summed E-state index contributed by atoms with van der Waals surface area (Å²) in [5.41, 5.74) is 4.32. The summed E-state index contributed by atoms with van der Waals surface area (Å²) in [4.78, 5) is 11.3. The van der Waals surface area contributed by atoms with Gasteiger partial charge < -0.3 is 14.8 Å². The highest BCUT2D eigenvalue weighted by Gasteiger charge is 2.28. The van der Waals surface area contributed by atoms with Crippen molar-refractivity contribution in [2.45, 2.75) is 65.2 Å². The van der Waals surface area contributed by atoms with Gasteiger partial charge in [0.05, 0.1) is 5.52 Å². The third kappa shape index (κ3) is 4.07. The van der Waals surface area contributed by atoms with Crippen molar-refractivity contribution in [3.8, 4) is 11.4 Å². The first-order valence-electron chi connectivity index (χ1n) is 10.6. The van der Waals surface area contributed by atoms with Gasteiger partial charge in [-0.2, -0.15) is 0 Å². The number of hydrogen-bond acceptors (Lipinski definition) is 2. The van der Waals surface area contributed by atoms with Gasteiger partial charge >= 0.3 is 5.97 Å². The number of benzene rings is 2. The molecule has 5 heteroatoms. The van der Waals surface area contributed by atoms with Gasteiger partial charge in [-0.25, -0.2) is 4.39 Å². The molecule has 1 unspecified atom stereocenters. The normalized spacial score (nSPS) is 12.6. The molecule has 0 aliphatic carbocycles. The first-order chi connectivity index (χ1) is 14.3. The van der Waals surface area contributed by atoms with Crippen LogP contribution in [0.25, 0.3) is 16.6 Å². The Bertz CT molecular complexity index is 1070. The van der Waals surface area contributed by atoms with Crippen LogP contribution in [0, 0.1) is 12.7 Å². The van der Waals surface area contributed by atoms with Crippen molar-refractivity contribution in [1.82, 2.24) is 4.57 Å². The van der Waals surface area contributed by atoms with E-state index in [9.17, 15) is 19.4 Å². The molecule has 1 heterocycles. The van der Waals surface area contributed by atoms with Crippen LogP contribution < -0.4 is 0 Å².